The second-order valence-corrected chi connectivity index (χ2v) is 12.4. The zero-order valence-corrected chi connectivity index (χ0v) is 28.6. The van der Waals surface area contributed by atoms with Crippen LogP contribution in [-0.2, 0) is 51.9 Å². The molecule has 48 heavy (non-hydrogen) atoms. The number of allylic oxidation sites excluding steroid dienone is 4. The SMILES string of the molecule is C=CCCc1ccnc(CN(CCN(Cc2cc(CCC=C)ccn2)Cc2cc(CCC=C)ccn2)Cc2cc(CCC=C)ccn2)c1. The largest absolute Gasteiger partial charge is 0.290 e. The average Bonchev–Trinajstić information content (AvgIpc) is 3.11. The van der Waals surface area contributed by atoms with Crippen LogP contribution in [0.3, 0.4) is 0 Å². The van der Waals surface area contributed by atoms with Gasteiger partial charge in [-0.25, -0.2) is 0 Å². The maximum Gasteiger partial charge on any atom is 0.0546 e. The summed E-state index contributed by atoms with van der Waals surface area (Å²) in [7, 11) is 0. The average molecular weight is 641 g/mol. The molecule has 0 atom stereocenters. The quantitative estimate of drug-likeness (QED) is 0.0759. The van der Waals surface area contributed by atoms with Gasteiger partial charge in [0.25, 0.3) is 0 Å². The molecule has 6 heteroatoms. The van der Waals surface area contributed by atoms with E-state index < -0.39 is 0 Å². The zero-order chi connectivity index (χ0) is 33.8. The fourth-order valence-electron chi connectivity index (χ4n) is 5.78. The molecule has 0 amide bonds. The Kier molecular flexibility index (Phi) is 15.6. The number of nitrogens with zero attached hydrogens (tertiary/aromatic N) is 6. The Morgan fingerprint density at radius 1 is 0.417 bits per heavy atom. The first-order valence-corrected chi connectivity index (χ1v) is 17.2. The van der Waals surface area contributed by atoms with Gasteiger partial charge in [-0.15, -0.1) is 26.3 Å². The predicted molar refractivity (Wildman–Crippen MR) is 199 cm³/mol. The normalized spacial score (nSPS) is 11.1. The van der Waals surface area contributed by atoms with Crippen LogP contribution in [0, 0.1) is 0 Å². The van der Waals surface area contributed by atoms with Crippen LogP contribution >= 0.6 is 0 Å². The molecule has 0 bridgehead atoms. The lowest BCUT2D eigenvalue weighted by Gasteiger charge is -2.27. The monoisotopic (exact) mass is 640 g/mol. The zero-order valence-electron chi connectivity index (χ0n) is 28.6. The summed E-state index contributed by atoms with van der Waals surface area (Å²) in [5, 5.41) is 0. The standard InChI is InChI=1S/C42H52N6/c1-5-9-13-35-17-21-43-39(27-35)31-47(32-40-28-36(14-10-6-2)18-22-44-40)25-26-48(33-41-29-37(15-11-7-3)19-23-45-41)34-42-30-38(16-12-8-4)20-24-46-42/h5-8,17-24,27-30H,1-4,9-16,25-26,31-34H2. The second kappa shape index (κ2) is 20.7. The van der Waals surface area contributed by atoms with Gasteiger partial charge in [-0.05, 0) is 122 Å². The van der Waals surface area contributed by atoms with Crippen LogP contribution in [0.25, 0.3) is 0 Å². The van der Waals surface area contributed by atoms with Gasteiger partial charge >= 0.3 is 0 Å². The first kappa shape index (κ1) is 36.3. The smallest absolute Gasteiger partial charge is 0.0546 e. The third kappa shape index (κ3) is 12.9. The summed E-state index contributed by atoms with van der Waals surface area (Å²) in [5.41, 5.74) is 9.43. The van der Waals surface area contributed by atoms with Crippen molar-refractivity contribution < 1.29 is 0 Å². The van der Waals surface area contributed by atoms with Crippen molar-refractivity contribution in [3.63, 3.8) is 0 Å². The number of aromatic nitrogens is 4. The molecular formula is C42H52N6. The van der Waals surface area contributed by atoms with Crippen molar-refractivity contribution in [3.05, 3.63) is 169 Å². The van der Waals surface area contributed by atoms with E-state index in [1.54, 1.807) is 0 Å². The lowest BCUT2D eigenvalue weighted by molar-refractivity contribution is 0.178. The van der Waals surface area contributed by atoms with E-state index in [1.165, 1.54) is 22.3 Å². The molecule has 0 spiro atoms. The summed E-state index contributed by atoms with van der Waals surface area (Å²) in [6.45, 7) is 20.2. The Hall–Kier alpha value is -4.52. The van der Waals surface area contributed by atoms with Crippen molar-refractivity contribution in [1.82, 2.24) is 29.7 Å². The molecule has 0 saturated carbocycles. The topological polar surface area (TPSA) is 58.0 Å². The number of hydrogen-bond acceptors (Lipinski definition) is 6. The van der Waals surface area contributed by atoms with E-state index >= 15 is 0 Å². The molecule has 4 heterocycles. The lowest BCUT2D eigenvalue weighted by Crippen LogP contribution is -2.35. The van der Waals surface area contributed by atoms with E-state index in [9.17, 15) is 0 Å². The molecule has 0 aliphatic carbocycles. The molecular weight excluding hydrogens is 589 g/mol. The minimum atomic E-state index is 0.735. The van der Waals surface area contributed by atoms with E-state index in [1.807, 2.05) is 49.1 Å². The van der Waals surface area contributed by atoms with Crippen molar-refractivity contribution in [2.24, 2.45) is 0 Å². The van der Waals surface area contributed by atoms with E-state index in [-0.39, 0.29) is 0 Å². The fourth-order valence-corrected chi connectivity index (χ4v) is 5.78. The predicted octanol–water partition coefficient (Wildman–Crippen LogP) is 8.45. The van der Waals surface area contributed by atoms with E-state index in [2.05, 4.69) is 84.6 Å². The van der Waals surface area contributed by atoms with Crippen LogP contribution in [0.1, 0.15) is 70.7 Å². The van der Waals surface area contributed by atoms with Crippen molar-refractivity contribution in [2.75, 3.05) is 13.1 Å². The Labute approximate surface area is 288 Å². The fraction of sp³-hybridized carbons (Fsp3) is 0.333. The van der Waals surface area contributed by atoms with Gasteiger partial charge in [0.2, 0.25) is 0 Å². The molecule has 0 radical (unpaired) electrons. The van der Waals surface area contributed by atoms with Gasteiger partial charge in [0.1, 0.15) is 0 Å². The molecule has 0 saturated heterocycles. The summed E-state index contributed by atoms with van der Waals surface area (Å²) in [4.78, 5) is 24.0. The minimum Gasteiger partial charge on any atom is -0.290 e. The summed E-state index contributed by atoms with van der Waals surface area (Å²) in [6, 6.07) is 17.4. The number of hydrogen-bond donors (Lipinski definition) is 0. The molecule has 250 valence electrons. The molecule has 0 aromatic carbocycles. The van der Waals surface area contributed by atoms with Gasteiger partial charge in [0.15, 0.2) is 0 Å². The highest BCUT2D eigenvalue weighted by Gasteiger charge is 2.16. The van der Waals surface area contributed by atoms with Crippen molar-refractivity contribution in [2.45, 2.75) is 77.5 Å². The lowest BCUT2D eigenvalue weighted by atomic mass is 10.1. The Balaban J connectivity index is 1.58. The van der Waals surface area contributed by atoms with Gasteiger partial charge < -0.3 is 0 Å². The highest BCUT2D eigenvalue weighted by Crippen LogP contribution is 2.16. The van der Waals surface area contributed by atoms with Crippen LogP contribution in [0.5, 0.6) is 0 Å². The first-order chi connectivity index (χ1) is 23.6. The molecule has 4 aromatic heterocycles. The highest BCUT2D eigenvalue weighted by atomic mass is 15.2. The van der Waals surface area contributed by atoms with Crippen LogP contribution in [-0.4, -0.2) is 42.8 Å². The van der Waals surface area contributed by atoms with Crippen LogP contribution in [0.15, 0.2) is 124 Å². The van der Waals surface area contributed by atoms with Gasteiger partial charge in [0, 0.05) is 64.1 Å². The van der Waals surface area contributed by atoms with Crippen LogP contribution < -0.4 is 0 Å². The van der Waals surface area contributed by atoms with Gasteiger partial charge in [-0.2, -0.15) is 0 Å². The Morgan fingerprint density at radius 2 is 0.667 bits per heavy atom. The van der Waals surface area contributed by atoms with Crippen molar-refractivity contribution >= 4 is 0 Å². The van der Waals surface area contributed by atoms with Crippen molar-refractivity contribution in [1.29, 1.82) is 0 Å². The third-order valence-electron chi connectivity index (χ3n) is 8.35. The molecule has 4 aromatic rings. The first-order valence-electron chi connectivity index (χ1n) is 17.2. The molecule has 4 rings (SSSR count). The molecule has 6 nitrogen and oxygen atoms in total. The number of rotatable bonds is 23. The molecule has 0 fully saturated rings. The second-order valence-electron chi connectivity index (χ2n) is 12.4. The van der Waals surface area contributed by atoms with Crippen LogP contribution in [0.2, 0.25) is 0 Å². The number of pyridine rings is 4. The Morgan fingerprint density at radius 3 is 0.896 bits per heavy atom. The highest BCUT2D eigenvalue weighted by molar-refractivity contribution is 5.21. The minimum absolute atomic E-state index is 0.735. The van der Waals surface area contributed by atoms with E-state index in [0.29, 0.717) is 0 Å². The molecule has 0 aliphatic heterocycles. The summed E-state index contributed by atoms with van der Waals surface area (Å²) < 4.78 is 0. The molecule has 0 aliphatic rings. The van der Waals surface area contributed by atoms with Crippen LogP contribution in [0.4, 0.5) is 0 Å². The third-order valence-corrected chi connectivity index (χ3v) is 8.35. The van der Waals surface area contributed by atoms with E-state index in [4.69, 9.17) is 19.9 Å². The van der Waals surface area contributed by atoms with Gasteiger partial charge in [-0.3, -0.25) is 29.7 Å². The van der Waals surface area contributed by atoms with E-state index in [0.717, 1.165) is 113 Å². The summed E-state index contributed by atoms with van der Waals surface area (Å²) in [6.07, 6.45) is 23.3. The maximum absolute atomic E-state index is 4.77. The summed E-state index contributed by atoms with van der Waals surface area (Å²) in [5.74, 6) is 0. The molecule has 0 unspecified atom stereocenters. The summed E-state index contributed by atoms with van der Waals surface area (Å²) >= 11 is 0. The Bertz CT molecular complexity index is 1360. The van der Waals surface area contributed by atoms with Crippen molar-refractivity contribution in [3.8, 4) is 0 Å². The van der Waals surface area contributed by atoms with Gasteiger partial charge in [0.05, 0.1) is 22.8 Å². The number of aryl methyl sites for hydroxylation is 4. The molecule has 0 N–H and O–H groups in total. The van der Waals surface area contributed by atoms with Gasteiger partial charge in [-0.1, -0.05) is 24.3 Å². The maximum atomic E-state index is 4.77.